The van der Waals surface area contributed by atoms with Gasteiger partial charge in [-0.2, -0.15) is 0 Å². The van der Waals surface area contributed by atoms with E-state index in [1.165, 1.54) is 28.0 Å². The predicted molar refractivity (Wildman–Crippen MR) is 147 cm³/mol. The van der Waals surface area contributed by atoms with Crippen LogP contribution in [-0.2, 0) is 11.2 Å². The third-order valence-electron chi connectivity index (χ3n) is 5.96. The van der Waals surface area contributed by atoms with Gasteiger partial charge in [-0.3, -0.25) is 0 Å². The largest absolute Gasteiger partial charge is 0.462 e. The molecule has 6 heteroatoms. The third-order valence-corrected chi connectivity index (χ3v) is 7.23. The molecule has 2 atom stereocenters. The van der Waals surface area contributed by atoms with Gasteiger partial charge in [-0.05, 0) is 60.7 Å². The van der Waals surface area contributed by atoms with E-state index < -0.39 is 0 Å². The van der Waals surface area contributed by atoms with Crippen molar-refractivity contribution in [1.82, 2.24) is 5.32 Å². The van der Waals surface area contributed by atoms with Crippen LogP contribution in [-0.4, -0.2) is 17.7 Å². The molecule has 0 spiro atoms. The Morgan fingerprint density at radius 1 is 1.00 bits per heavy atom. The van der Waals surface area contributed by atoms with Gasteiger partial charge in [-0.25, -0.2) is 4.79 Å². The number of thiophene rings is 1. The summed E-state index contributed by atoms with van der Waals surface area (Å²) in [5.74, 6) is 0.214. The van der Waals surface area contributed by atoms with E-state index in [0.717, 1.165) is 24.1 Å². The van der Waals surface area contributed by atoms with Crippen molar-refractivity contribution in [3.63, 3.8) is 0 Å². The van der Waals surface area contributed by atoms with Crippen LogP contribution in [0, 0.1) is 0 Å². The average Bonchev–Trinajstić information content (AvgIpc) is 3.24. The van der Waals surface area contributed by atoms with Crippen LogP contribution >= 0.6 is 23.6 Å². The van der Waals surface area contributed by atoms with Gasteiger partial charge in [-0.1, -0.05) is 75.4 Å². The Morgan fingerprint density at radius 3 is 2.29 bits per heavy atom. The van der Waals surface area contributed by atoms with Gasteiger partial charge in [0.25, 0.3) is 0 Å². The first-order valence-corrected chi connectivity index (χ1v) is 13.2. The molecule has 0 aliphatic carbocycles. The van der Waals surface area contributed by atoms with Crippen molar-refractivity contribution in [3.8, 4) is 0 Å². The average molecular weight is 495 g/mol. The first kappa shape index (κ1) is 25.9. The van der Waals surface area contributed by atoms with Crippen LogP contribution in [0.5, 0.6) is 0 Å². The zero-order valence-electron chi connectivity index (χ0n) is 20.4. The summed E-state index contributed by atoms with van der Waals surface area (Å²) in [5.41, 5.74) is 4.26. The zero-order chi connectivity index (χ0) is 24.5. The van der Waals surface area contributed by atoms with Gasteiger partial charge < -0.3 is 15.4 Å². The fourth-order valence-electron chi connectivity index (χ4n) is 3.79. The Labute approximate surface area is 212 Å². The second kappa shape index (κ2) is 12.7. The maximum Gasteiger partial charge on any atom is 0.341 e. The molecular weight excluding hydrogens is 460 g/mol. The van der Waals surface area contributed by atoms with Crippen molar-refractivity contribution in [2.45, 2.75) is 58.9 Å². The molecule has 3 rings (SSSR count). The number of thiocarbonyl (C=S) groups is 1. The fraction of sp³-hybridized carbons (Fsp3) is 0.357. The van der Waals surface area contributed by atoms with E-state index in [2.05, 4.69) is 67.8 Å². The van der Waals surface area contributed by atoms with Gasteiger partial charge in [0.15, 0.2) is 5.11 Å². The van der Waals surface area contributed by atoms with Crippen molar-refractivity contribution >= 4 is 39.6 Å². The number of hydrogen-bond donors (Lipinski definition) is 2. The molecule has 2 unspecified atom stereocenters. The molecule has 0 saturated heterocycles. The van der Waals surface area contributed by atoms with Crippen molar-refractivity contribution in [2.24, 2.45) is 0 Å². The van der Waals surface area contributed by atoms with Gasteiger partial charge in [0.2, 0.25) is 0 Å². The monoisotopic (exact) mass is 494 g/mol. The molecule has 0 amide bonds. The molecule has 4 nitrogen and oxygen atoms in total. The van der Waals surface area contributed by atoms with E-state index in [0.29, 0.717) is 28.2 Å². The lowest BCUT2D eigenvalue weighted by molar-refractivity contribution is 0.0528. The Balaban J connectivity index is 1.74. The first-order chi connectivity index (χ1) is 16.4. The lowest BCUT2D eigenvalue weighted by Crippen LogP contribution is -2.32. The normalized spacial score (nSPS) is 12.6. The lowest BCUT2D eigenvalue weighted by atomic mass is 9.95. The number of hydrogen-bond acceptors (Lipinski definition) is 4. The molecule has 0 radical (unpaired) electrons. The molecule has 0 aliphatic heterocycles. The molecule has 2 aromatic carbocycles. The van der Waals surface area contributed by atoms with Gasteiger partial charge in [0.1, 0.15) is 5.00 Å². The van der Waals surface area contributed by atoms with Crippen LogP contribution in [0.3, 0.4) is 0 Å². The number of ether oxygens (including phenoxy) is 1. The highest BCUT2D eigenvalue weighted by atomic mass is 32.1. The van der Waals surface area contributed by atoms with E-state index in [1.54, 1.807) is 0 Å². The number of carbonyl (C=O) groups is 1. The van der Waals surface area contributed by atoms with Crippen molar-refractivity contribution in [3.05, 3.63) is 87.8 Å². The van der Waals surface area contributed by atoms with Gasteiger partial charge in [-0.15, -0.1) is 11.3 Å². The van der Waals surface area contributed by atoms with Crippen molar-refractivity contribution in [2.75, 3.05) is 11.9 Å². The maximum atomic E-state index is 12.6. The van der Waals surface area contributed by atoms with Crippen LogP contribution in [0.4, 0.5) is 5.00 Å². The maximum absolute atomic E-state index is 12.6. The minimum absolute atomic E-state index is 0.0841. The van der Waals surface area contributed by atoms with Crippen LogP contribution in [0.2, 0.25) is 0 Å². The predicted octanol–water partition coefficient (Wildman–Crippen LogP) is 7.47. The summed E-state index contributed by atoms with van der Waals surface area (Å²) in [7, 11) is 0. The van der Waals surface area contributed by atoms with E-state index >= 15 is 0 Å². The summed E-state index contributed by atoms with van der Waals surface area (Å²) >= 11 is 7.18. The standard InChI is InChI=1S/C28H34N2O2S2/c1-5-19(4)21-13-15-22(16-14-21)25(6-2)29-28(33)30-26-24(27(31)32-7-3)18-23(34-26)17-20-11-9-8-10-12-20/h8-16,18-19,25H,5-7,17H2,1-4H3,(H2,29,30,33). The number of esters is 1. The molecule has 180 valence electrons. The Hall–Kier alpha value is -2.70. The quantitative estimate of drug-likeness (QED) is 0.226. The van der Waals surface area contributed by atoms with E-state index in [4.69, 9.17) is 17.0 Å². The molecule has 34 heavy (non-hydrogen) atoms. The highest BCUT2D eigenvalue weighted by Crippen LogP contribution is 2.31. The Morgan fingerprint density at radius 2 is 1.68 bits per heavy atom. The fourth-order valence-corrected chi connectivity index (χ4v) is 5.18. The topological polar surface area (TPSA) is 50.4 Å². The van der Waals surface area contributed by atoms with Crippen LogP contribution in [0.25, 0.3) is 0 Å². The summed E-state index contributed by atoms with van der Waals surface area (Å²) in [4.78, 5) is 13.7. The minimum Gasteiger partial charge on any atom is -0.462 e. The van der Waals surface area contributed by atoms with E-state index in [1.807, 2.05) is 31.2 Å². The van der Waals surface area contributed by atoms with Gasteiger partial charge >= 0.3 is 5.97 Å². The molecule has 1 heterocycles. The molecule has 1 aromatic heterocycles. The molecule has 0 saturated carbocycles. The van der Waals surface area contributed by atoms with Crippen LogP contribution in [0.1, 0.15) is 84.4 Å². The number of nitrogens with one attached hydrogen (secondary N) is 2. The molecule has 0 aliphatic rings. The summed E-state index contributed by atoms with van der Waals surface area (Å²) in [6.45, 7) is 8.73. The Bertz CT molecular complexity index is 1080. The Kier molecular flexibility index (Phi) is 9.66. The minimum atomic E-state index is -0.337. The summed E-state index contributed by atoms with van der Waals surface area (Å²) in [5, 5.41) is 7.90. The SMILES string of the molecule is CCOC(=O)c1cc(Cc2ccccc2)sc1NC(=S)NC(CC)c1ccc(C(C)CC)cc1. The van der Waals surface area contributed by atoms with Gasteiger partial charge in [0.05, 0.1) is 18.2 Å². The summed E-state index contributed by atoms with van der Waals surface area (Å²) < 4.78 is 5.29. The number of carbonyl (C=O) groups excluding carboxylic acids is 1. The molecule has 3 aromatic rings. The van der Waals surface area contributed by atoms with Crippen LogP contribution in [0.15, 0.2) is 60.7 Å². The molecule has 0 fully saturated rings. The number of rotatable bonds is 10. The highest BCUT2D eigenvalue weighted by Gasteiger charge is 2.19. The number of anilines is 1. The summed E-state index contributed by atoms with van der Waals surface area (Å²) in [6, 6.07) is 21.0. The summed E-state index contributed by atoms with van der Waals surface area (Å²) in [6.07, 6.45) is 2.76. The molecular formula is C28H34N2O2S2. The van der Waals surface area contributed by atoms with E-state index in [-0.39, 0.29) is 12.0 Å². The van der Waals surface area contributed by atoms with Crippen LogP contribution < -0.4 is 10.6 Å². The smallest absolute Gasteiger partial charge is 0.341 e. The molecule has 0 bridgehead atoms. The second-order valence-corrected chi connectivity index (χ2v) is 9.92. The van der Waals surface area contributed by atoms with Crippen molar-refractivity contribution in [1.29, 1.82) is 0 Å². The lowest BCUT2D eigenvalue weighted by Gasteiger charge is -2.21. The number of benzene rings is 2. The molecule has 2 N–H and O–H groups in total. The first-order valence-electron chi connectivity index (χ1n) is 12.0. The van der Waals surface area contributed by atoms with Gasteiger partial charge in [0, 0.05) is 11.3 Å². The van der Waals surface area contributed by atoms with Crippen molar-refractivity contribution < 1.29 is 9.53 Å². The second-order valence-electron chi connectivity index (χ2n) is 8.37. The van der Waals surface area contributed by atoms with E-state index in [9.17, 15) is 4.79 Å². The zero-order valence-corrected chi connectivity index (χ0v) is 22.0. The highest BCUT2D eigenvalue weighted by molar-refractivity contribution is 7.80. The third kappa shape index (κ3) is 6.90.